The molecule has 1 fully saturated rings. The van der Waals surface area contributed by atoms with E-state index in [1.807, 2.05) is 13.8 Å². The first-order chi connectivity index (χ1) is 7.11. The van der Waals surface area contributed by atoms with Crippen molar-refractivity contribution in [3.8, 4) is 0 Å². The van der Waals surface area contributed by atoms with Gasteiger partial charge >= 0.3 is 0 Å². The van der Waals surface area contributed by atoms with E-state index in [-0.39, 0.29) is 31.0 Å². The van der Waals surface area contributed by atoms with Crippen molar-refractivity contribution in [1.82, 2.24) is 10.2 Å². The highest BCUT2D eigenvalue weighted by Gasteiger charge is 2.24. The van der Waals surface area contributed by atoms with Crippen molar-refractivity contribution in [2.24, 2.45) is 0 Å². The van der Waals surface area contributed by atoms with Gasteiger partial charge in [-0.1, -0.05) is 0 Å². The molecule has 1 aliphatic heterocycles. The number of amides is 2. The zero-order valence-electron chi connectivity index (χ0n) is 9.28. The van der Waals surface area contributed by atoms with Gasteiger partial charge in [-0.3, -0.25) is 19.8 Å². The molecular formula is C10H18N2O3. The molecule has 0 saturated carbocycles. The second-order valence-electron chi connectivity index (χ2n) is 3.82. The minimum Gasteiger partial charge on any atom is -0.379 e. The fraction of sp³-hybridized carbons (Fsp3) is 0.800. The van der Waals surface area contributed by atoms with Crippen LogP contribution >= 0.6 is 0 Å². The largest absolute Gasteiger partial charge is 0.379 e. The van der Waals surface area contributed by atoms with Crippen LogP contribution in [-0.2, 0) is 14.3 Å². The standard InChI is InChI=1S/C10H18N2O3/c1-8(2)15-5-3-4-12-9(13)6-11-7-10(12)14/h8,11H,3-7H2,1-2H3. The highest BCUT2D eigenvalue weighted by molar-refractivity contribution is 5.99. The van der Waals surface area contributed by atoms with Gasteiger partial charge in [0.15, 0.2) is 0 Å². The summed E-state index contributed by atoms with van der Waals surface area (Å²) in [4.78, 5) is 24.0. The van der Waals surface area contributed by atoms with Gasteiger partial charge in [0.05, 0.1) is 19.2 Å². The molecule has 1 rings (SSSR count). The third-order valence-corrected chi connectivity index (χ3v) is 2.13. The van der Waals surface area contributed by atoms with Crippen molar-refractivity contribution in [2.75, 3.05) is 26.2 Å². The lowest BCUT2D eigenvalue weighted by molar-refractivity contribution is -0.146. The Labute approximate surface area is 89.8 Å². The number of carbonyl (C=O) groups is 2. The van der Waals surface area contributed by atoms with E-state index < -0.39 is 0 Å². The van der Waals surface area contributed by atoms with Crippen LogP contribution in [0.2, 0.25) is 0 Å². The van der Waals surface area contributed by atoms with E-state index in [1.54, 1.807) is 0 Å². The van der Waals surface area contributed by atoms with Crippen LogP contribution in [0.15, 0.2) is 0 Å². The van der Waals surface area contributed by atoms with Gasteiger partial charge in [-0.05, 0) is 20.3 Å². The minimum absolute atomic E-state index is 0.143. The van der Waals surface area contributed by atoms with E-state index in [2.05, 4.69) is 5.32 Å². The van der Waals surface area contributed by atoms with E-state index in [9.17, 15) is 9.59 Å². The lowest BCUT2D eigenvalue weighted by Gasteiger charge is -2.25. The number of imide groups is 1. The minimum atomic E-state index is -0.143. The third kappa shape index (κ3) is 3.97. The monoisotopic (exact) mass is 214 g/mol. The molecule has 0 aliphatic carbocycles. The summed E-state index contributed by atoms with van der Waals surface area (Å²) in [6.45, 7) is 5.49. The van der Waals surface area contributed by atoms with Gasteiger partial charge in [0, 0.05) is 13.2 Å². The molecule has 0 spiro atoms. The van der Waals surface area contributed by atoms with Crippen LogP contribution in [-0.4, -0.2) is 49.1 Å². The molecule has 5 nitrogen and oxygen atoms in total. The van der Waals surface area contributed by atoms with E-state index in [1.165, 1.54) is 4.90 Å². The molecule has 0 aromatic carbocycles. The Morgan fingerprint density at radius 2 is 1.93 bits per heavy atom. The van der Waals surface area contributed by atoms with Crippen LogP contribution in [0.1, 0.15) is 20.3 Å². The van der Waals surface area contributed by atoms with E-state index in [0.717, 1.165) is 0 Å². The fourth-order valence-electron chi connectivity index (χ4n) is 1.40. The molecule has 5 heteroatoms. The molecule has 15 heavy (non-hydrogen) atoms. The van der Waals surface area contributed by atoms with Gasteiger partial charge in [-0.25, -0.2) is 0 Å². The van der Waals surface area contributed by atoms with Crippen molar-refractivity contribution < 1.29 is 14.3 Å². The predicted octanol–water partition coefficient (Wildman–Crippen LogP) is -0.240. The first-order valence-corrected chi connectivity index (χ1v) is 5.26. The van der Waals surface area contributed by atoms with E-state index >= 15 is 0 Å². The molecule has 1 aliphatic rings. The molecule has 0 unspecified atom stereocenters. The SMILES string of the molecule is CC(C)OCCCN1C(=O)CNCC1=O. The van der Waals surface area contributed by atoms with Crippen LogP contribution < -0.4 is 5.32 Å². The first-order valence-electron chi connectivity index (χ1n) is 5.26. The Morgan fingerprint density at radius 3 is 2.47 bits per heavy atom. The van der Waals surface area contributed by atoms with E-state index in [0.29, 0.717) is 19.6 Å². The molecule has 2 amide bonds. The lowest BCUT2D eigenvalue weighted by Crippen LogP contribution is -2.52. The van der Waals surface area contributed by atoms with Gasteiger partial charge in [-0.15, -0.1) is 0 Å². The normalized spacial score (nSPS) is 17.7. The Balaban J connectivity index is 2.24. The average Bonchev–Trinajstić information content (AvgIpc) is 2.15. The van der Waals surface area contributed by atoms with Crippen LogP contribution in [0, 0.1) is 0 Å². The predicted molar refractivity (Wildman–Crippen MR) is 55.3 cm³/mol. The molecule has 0 aromatic heterocycles. The number of carbonyl (C=O) groups excluding carboxylic acids is 2. The Morgan fingerprint density at radius 1 is 1.33 bits per heavy atom. The van der Waals surface area contributed by atoms with Crippen LogP contribution in [0.5, 0.6) is 0 Å². The third-order valence-electron chi connectivity index (χ3n) is 2.13. The number of ether oxygens (including phenoxy) is 1. The maximum atomic E-state index is 11.3. The highest BCUT2D eigenvalue weighted by Crippen LogP contribution is 1.99. The number of nitrogens with one attached hydrogen (secondary N) is 1. The quantitative estimate of drug-likeness (QED) is 0.507. The summed E-state index contributed by atoms with van der Waals surface area (Å²) in [6.07, 6.45) is 0.898. The van der Waals surface area contributed by atoms with Crippen LogP contribution in [0.3, 0.4) is 0 Å². The molecule has 0 bridgehead atoms. The summed E-state index contributed by atoms with van der Waals surface area (Å²) >= 11 is 0. The fourth-order valence-corrected chi connectivity index (χ4v) is 1.40. The highest BCUT2D eigenvalue weighted by atomic mass is 16.5. The number of nitrogens with zero attached hydrogens (tertiary/aromatic N) is 1. The summed E-state index contributed by atoms with van der Waals surface area (Å²) in [7, 11) is 0. The van der Waals surface area contributed by atoms with Crippen LogP contribution in [0.4, 0.5) is 0 Å². The molecule has 86 valence electrons. The van der Waals surface area contributed by atoms with E-state index in [4.69, 9.17) is 4.74 Å². The van der Waals surface area contributed by atoms with Crippen molar-refractivity contribution >= 4 is 11.8 Å². The van der Waals surface area contributed by atoms with Gasteiger partial charge in [0.1, 0.15) is 0 Å². The molecule has 1 N–H and O–H groups in total. The van der Waals surface area contributed by atoms with Crippen LogP contribution in [0.25, 0.3) is 0 Å². The molecule has 1 heterocycles. The zero-order chi connectivity index (χ0) is 11.3. The summed E-state index contributed by atoms with van der Waals surface area (Å²) < 4.78 is 5.34. The maximum Gasteiger partial charge on any atom is 0.243 e. The smallest absolute Gasteiger partial charge is 0.243 e. The average molecular weight is 214 g/mol. The van der Waals surface area contributed by atoms with Crippen molar-refractivity contribution in [3.63, 3.8) is 0 Å². The summed E-state index contributed by atoms with van der Waals surface area (Å²) in [5.41, 5.74) is 0. The number of hydrogen-bond acceptors (Lipinski definition) is 4. The summed E-state index contributed by atoms with van der Waals surface area (Å²) in [6, 6.07) is 0. The summed E-state index contributed by atoms with van der Waals surface area (Å²) in [5, 5.41) is 2.75. The number of hydrogen-bond donors (Lipinski definition) is 1. The Hall–Kier alpha value is -0.940. The second kappa shape index (κ2) is 5.82. The first kappa shape index (κ1) is 12.1. The Kier molecular flexibility index (Phi) is 4.71. The molecular weight excluding hydrogens is 196 g/mol. The van der Waals surface area contributed by atoms with Gasteiger partial charge < -0.3 is 4.74 Å². The summed E-state index contributed by atoms with van der Waals surface area (Å²) in [5.74, 6) is -0.286. The molecule has 1 saturated heterocycles. The molecule has 0 atom stereocenters. The van der Waals surface area contributed by atoms with Crippen molar-refractivity contribution in [2.45, 2.75) is 26.4 Å². The zero-order valence-corrected chi connectivity index (χ0v) is 9.28. The molecule has 0 aromatic rings. The van der Waals surface area contributed by atoms with Gasteiger partial charge in [0.25, 0.3) is 0 Å². The topological polar surface area (TPSA) is 58.6 Å². The maximum absolute atomic E-state index is 11.3. The number of piperazine rings is 1. The molecule has 0 radical (unpaired) electrons. The van der Waals surface area contributed by atoms with Crippen molar-refractivity contribution in [3.05, 3.63) is 0 Å². The van der Waals surface area contributed by atoms with Gasteiger partial charge in [-0.2, -0.15) is 0 Å². The van der Waals surface area contributed by atoms with Crippen molar-refractivity contribution in [1.29, 1.82) is 0 Å². The lowest BCUT2D eigenvalue weighted by atomic mass is 10.3. The van der Waals surface area contributed by atoms with Gasteiger partial charge in [0.2, 0.25) is 11.8 Å². The Bertz CT molecular complexity index is 225. The number of rotatable bonds is 5. The second-order valence-corrected chi connectivity index (χ2v) is 3.82.